The molecule has 1 fully saturated rings. The van der Waals surface area contributed by atoms with Crippen LogP contribution >= 0.6 is 47.8 Å². The van der Waals surface area contributed by atoms with E-state index in [2.05, 4.69) is 53.1 Å². The van der Waals surface area contributed by atoms with E-state index in [0.29, 0.717) is 13.1 Å². The summed E-state index contributed by atoms with van der Waals surface area (Å²) in [5, 5.41) is 3.49. The van der Waals surface area contributed by atoms with E-state index >= 15 is 0 Å². The molecule has 122 valence electrons. The molecule has 1 unspecified atom stereocenters. The summed E-state index contributed by atoms with van der Waals surface area (Å²) in [7, 11) is 0. The molecule has 1 aromatic rings. The Hall–Kier alpha value is -0.270. The zero-order chi connectivity index (χ0) is 16.5. The molecule has 1 aliphatic rings. The summed E-state index contributed by atoms with van der Waals surface area (Å²) in [5.74, 6) is 0. The molecular weight excluding hydrogens is 480 g/mol. The second-order valence-electron chi connectivity index (χ2n) is 6.30. The van der Waals surface area contributed by atoms with E-state index in [-0.39, 0.29) is 12.1 Å². The van der Waals surface area contributed by atoms with Crippen molar-refractivity contribution in [2.75, 3.05) is 18.4 Å². The van der Waals surface area contributed by atoms with Crippen LogP contribution in [0.5, 0.6) is 0 Å². The van der Waals surface area contributed by atoms with Crippen LogP contribution in [-0.2, 0) is 4.74 Å². The number of ether oxygens (including phenoxy) is 1. The minimum absolute atomic E-state index is 0.210. The molecule has 1 aliphatic heterocycles. The largest absolute Gasteiger partial charge is 0.444 e. The fraction of sp³-hybridized carbons (Fsp3) is 0.533. The van der Waals surface area contributed by atoms with Crippen LogP contribution in [0.3, 0.4) is 0 Å². The highest BCUT2D eigenvalue weighted by molar-refractivity contribution is 9.11. The van der Waals surface area contributed by atoms with Gasteiger partial charge in [0.15, 0.2) is 0 Å². The average Bonchev–Trinajstić information content (AvgIpc) is 2.80. The zero-order valence-corrected chi connectivity index (χ0v) is 17.5. The lowest BCUT2D eigenvalue weighted by Gasteiger charge is -2.24. The van der Waals surface area contributed by atoms with Gasteiger partial charge in [-0.3, -0.25) is 0 Å². The van der Waals surface area contributed by atoms with Crippen molar-refractivity contribution in [3.63, 3.8) is 0 Å². The molecule has 7 heteroatoms. The smallest absolute Gasteiger partial charge is 0.410 e. The molecule has 0 aromatic heterocycles. The van der Waals surface area contributed by atoms with Crippen LogP contribution in [0.15, 0.2) is 25.6 Å². The van der Waals surface area contributed by atoms with Gasteiger partial charge < -0.3 is 15.0 Å². The lowest BCUT2D eigenvalue weighted by molar-refractivity contribution is 0.0293. The van der Waals surface area contributed by atoms with Crippen molar-refractivity contribution < 1.29 is 9.53 Å². The Morgan fingerprint density at radius 1 is 1.27 bits per heavy atom. The molecule has 0 bridgehead atoms. The third-order valence-electron chi connectivity index (χ3n) is 3.20. The Bertz CT molecular complexity index is 549. The molecule has 0 spiro atoms. The van der Waals surface area contributed by atoms with E-state index < -0.39 is 5.60 Å². The van der Waals surface area contributed by atoms with Gasteiger partial charge in [0.25, 0.3) is 0 Å². The normalized spacial score (nSPS) is 18.5. The second kappa shape index (κ2) is 7.09. The van der Waals surface area contributed by atoms with E-state index in [9.17, 15) is 4.79 Å². The van der Waals surface area contributed by atoms with Gasteiger partial charge in [-0.1, -0.05) is 15.9 Å². The molecule has 1 saturated heterocycles. The van der Waals surface area contributed by atoms with Gasteiger partial charge >= 0.3 is 6.09 Å². The van der Waals surface area contributed by atoms with Crippen molar-refractivity contribution in [2.24, 2.45) is 0 Å². The summed E-state index contributed by atoms with van der Waals surface area (Å²) in [6.45, 7) is 6.99. The second-order valence-corrected chi connectivity index (χ2v) is 8.93. The molecule has 4 nitrogen and oxygen atoms in total. The number of anilines is 1. The molecule has 0 saturated carbocycles. The Kier molecular flexibility index (Phi) is 5.83. The fourth-order valence-corrected chi connectivity index (χ4v) is 4.74. The number of nitrogens with one attached hydrogen (secondary N) is 1. The Labute approximate surface area is 156 Å². The van der Waals surface area contributed by atoms with Crippen LogP contribution in [0, 0.1) is 0 Å². The highest BCUT2D eigenvalue weighted by atomic mass is 79.9. The maximum Gasteiger partial charge on any atom is 0.410 e. The predicted molar refractivity (Wildman–Crippen MR) is 99.4 cm³/mol. The van der Waals surface area contributed by atoms with Crippen molar-refractivity contribution in [1.29, 1.82) is 0 Å². The SMILES string of the molecule is CC(C)(C)OC(=O)N1CCC(Nc2c(Br)cc(Br)cc2Br)C1. The first-order valence-corrected chi connectivity index (χ1v) is 9.42. The van der Waals surface area contributed by atoms with E-state index in [4.69, 9.17) is 4.74 Å². The number of carbonyl (C=O) groups excluding carboxylic acids is 1. The summed E-state index contributed by atoms with van der Waals surface area (Å²) >= 11 is 10.6. The number of amides is 1. The average molecular weight is 499 g/mol. The van der Waals surface area contributed by atoms with Crippen LogP contribution in [0.4, 0.5) is 10.5 Å². The third kappa shape index (κ3) is 4.86. The van der Waals surface area contributed by atoms with Gasteiger partial charge in [0.05, 0.1) is 5.69 Å². The molecule has 1 heterocycles. The maximum atomic E-state index is 12.1. The van der Waals surface area contributed by atoms with Crippen LogP contribution in [0.2, 0.25) is 0 Å². The van der Waals surface area contributed by atoms with Gasteiger partial charge in [-0.15, -0.1) is 0 Å². The van der Waals surface area contributed by atoms with Gasteiger partial charge in [-0.2, -0.15) is 0 Å². The van der Waals surface area contributed by atoms with Gasteiger partial charge in [0, 0.05) is 32.5 Å². The Morgan fingerprint density at radius 2 is 1.86 bits per heavy atom. The molecular formula is C15H19Br3N2O2. The van der Waals surface area contributed by atoms with Crippen LogP contribution in [-0.4, -0.2) is 35.7 Å². The number of benzene rings is 1. The summed E-state index contributed by atoms with van der Waals surface area (Å²) in [4.78, 5) is 13.8. The van der Waals surface area contributed by atoms with Crippen molar-refractivity contribution in [1.82, 2.24) is 4.90 Å². The van der Waals surface area contributed by atoms with E-state index in [0.717, 1.165) is 25.5 Å². The topological polar surface area (TPSA) is 41.6 Å². The molecule has 22 heavy (non-hydrogen) atoms. The quantitative estimate of drug-likeness (QED) is 0.594. The Morgan fingerprint density at radius 3 is 2.41 bits per heavy atom. The van der Waals surface area contributed by atoms with Crippen LogP contribution < -0.4 is 5.32 Å². The highest BCUT2D eigenvalue weighted by Crippen LogP contribution is 2.35. The number of rotatable bonds is 2. The maximum absolute atomic E-state index is 12.1. The first kappa shape index (κ1) is 18.1. The van der Waals surface area contributed by atoms with E-state index in [1.807, 2.05) is 32.9 Å². The molecule has 1 N–H and O–H groups in total. The van der Waals surface area contributed by atoms with Gasteiger partial charge in [-0.05, 0) is 71.2 Å². The highest BCUT2D eigenvalue weighted by Gasteiger charge is 2.30. The fourth-order valence-electron chi connectivity index (χ4n) is 2.25. The molecule has 2 rings (SSSR count). The number of hydrogen-bond donors (Lipinski definition) is 1. The number of nitrogens with zero attached hydrogens (tertiary/aromatic N) is 1. The molecule has 0 aliphatic carbocycles. The summed E-state index contributed by atoms with van der Waals surface area (Å²) < 4.78 is 8.37. The standard InChI is InChI=1S/C15H19Br3N2O2/c1-15(2,3)22-14(21)20-5-4-10(8-20)19-13-11(17)6-9(16)7-12(13)18/h6-7,10,19H,4-5,8H2,1-3H3. The molecule has 1 amide bonds. The number of halogens is 3. The third-order valence-corrected chi connectivity index (χ3v) is 4.90. The predicted octanol–water partition coefficient (Wildman–Crippen LogP) is 5.40. The number of hydrogen-bond acceptors (Lipinski definition) is 3. The summed E-state index contributed by atoms with van der Waals surface area (Å²) in [6, 6.07) is 4.20. The Balaban J connectivity index is 1.99. The van der Waals surface area contributed by atoms with Crippen LogP contribution in [0.25, 0.3) is 0 Å². The number of likely N-dealkylation sites (tertiary alicyclic amines) is 1. The van der Waals surface area contributed by atoms with Crippen molar-refractivity contribution in [3.05, 3.63) is 25.6 Å². The van der Waals surface area contributed by atoms with Crippen LogP contribution in [0.1, 0.15) is 27.2 Å². The first-order valence-electron chi connectivity index (χ1n) is 7.05. The van der Waals surface area contributed by atoms with E-state index in [1.165, 1.54) is 0 Å². The summed E-state index contributed by atoms with van der Waals surface area (Å²) in [5.41, 5.74) is 0.541. The monoisotopic (exact) mass is 496 g/mol. The minimum Gasteiger partial charge on any atom is -0.444 e. The number of carbonyl (C=O) groups is 1. The van der Waals surface area contributed by atoms with Crippen molar-refractivity contribution in [3.8, 4) is 0 Å². The summed E-state index contributed by atoms with van der Waals surface area (Å²) in [6.07, 6.45) is 0.652. The van der Waals surface area contributed by atoms with E-state index in [1.54, 1.807) is 4.90 Å². The lowest BCUT2D eigenvalue weighted by atomic mass is 10.2. The van der Waals surface area contributed by atoms with Gasteiger partial charge in [0.2, 0.25) is 0 Å². The van der Waals surface area contributed by atoms with Crippen molar-refractivity contribution >= 4 is 59.6 Å². The lowest BCUT2D eigenvalue weighted by Crippen LogP contribution is -2.36. The molecule has 0 radical (unpaired) electrons. The molecule has 1 aromatic carbocycles. The first-order chi connectivity index (χ1) is 10.2. The van der Waals surface area contributed by atoms with Crippen molar-refractivity contribution in [2.45, 2.75) is 38.8 Å². The molecule has 1 atom stereocenters. The van der Waals surface area contributed by atoms with Gasteiger partial charge in [0.1, 0.15) is 5.60 Å². The van der Waals surface area contributed by atoms with Gasteiger partial charge in [-0.25, -0.2) is 4.79 Å². The minimum atomic E-state index is -0.458. The zero-order valence-electron chi connectivity index (χ0n) is 12.8.